The van der Waals surface area contributed by atoms with E-state index in [9.17, 15) is 37.1 Å². The predicted octanol–water partition coefficient (Wildman–Crippen LogP) is 4.64. The van der Waals surface area contributed by atoms with Gasteiger partial charge in [0.2, 0.25) is 23.5 Å². The molecule has 3 heterocycles. The fourth-order valence-electron chi connectivity index (χ4n) is 7.37. The number of carbonyl (C=O) groups is 6. The van der Waals surface area contributed by atoms with E-state index in [-0.39, 0.29) is 35.8 Å². The highest BCUT2D eigenvalue weighted by molar-refractivity contribution is 6.02. The Bertz CT molecular complexity index is 2280. The molecule has 1 saturated heterocycles. The largest absolute Gasteiger partial charge is 0.490 e. The number of anilines is 1. The number of pyridine rings is 1. The molecule has 2 aromatic heterocycles. The number of amides is 5. The molecule has 4 aromatic rings. The molecule has 1 saturated carbocycles. The van der Waals surface area contributed by atoms with Crippen LogP contribution < -0.4 is 26.6 Å². The first-order valence-corrected chi connectivity index (χ1v) is 20.6. The maximum absolute atomic E-state index is 14.5. The lowest BCUT2D eigenvalue weighted by molar-refractivity contribution is -0.192. The number of nitrogens with zero attached hydrogens (tertiary/aromatic N) is 5. The second kappa shape index (κ2) is 21.0. The zero-order chi connectivity index (χ0) is 46.8. The van der Waals surface area contributed by atoms with Crippen LogP contribution in [0, 0.1) is 18.8 Å². The van der Waals surface area contributed by atoms with E-state index >= 15 is 0 Å². The number of ether oxygens (including phenoxy) is 1. The number of rotatable bonds is 12. The lowest BCUT2D eigenvalue weighted by atomic mass is 9.81. The third-order valence-corrected chi connectivity index (χ3v) is 10.6. The van der Waals surface area contributed by atoms with Gasteiger partial charge in [-0.25, -0.2) is 14.6 Å². The summed E-state index contributed by atoms with van der Waals surface area (Å²) in [5, 5.41) is 29.7. The fraction of sp³-hybridized carbons (Fsp3) is 0.442. The number of alkyl halides is 3. The molecule has 2 aliphatic rings. The molecule has 2 aromatic carbocycles. The predicted molar refractivity (Wildman–Crippen MR) is 225 cm³/mol. The summed E-state index contributed by atoms with van der Waals surface area (Å²) in [7, 11) is 0. The second-order valence-electron chi connectivity index (χ2n) is 16.5. The Labute approximate surface area is 366 Å². The number of aryl methyl sites for hydroxylation is 1. The van der Waals surface area contributed by atoms with Gasteiger partial charge in [0.15, 0.2) is 0 Å². The molecule has 342 valence electrons. The number of carboxylic acid groups (broad SMARTS) is 1. The molecule has 18 nitrogen and oxygen atoms in total. The molecule has 1 aliphatic carbocycles. The molecule has 21 heteroatoms. The summed E-state index contributed by atoms with van der Waals surface area (Å²) in [4.78, 5) is 80.0. The maximum Gasteiger partial charge on any atom is 0.490 e. The average Bonchev–Trinajstić information content (AvgIpc) is 3.79. The molecule has 2 fully saturated rings. The van der Waals surface area contributed by atoms with Crippen LogP contribution in [0.25, 0.3) is 22.5 Å². The Hall–Kier alpha value is -6.93. The van der Waals surface area contributed by atoms with Crippen LogP contribution in [0.3, 0.4) is 0 Å². The van der Waals surface area contributed by atoms with E-state index in [1.807, 2.05) is 58.0 Å². The van der Waals surface area contributed by atoms with Crippen LogP contribution in [0.1, 0.15) is 81.0 Å². The lowest BCUT2D eigenvalue weighted by Gasteiger charge is -2.36. The Morgan fingerprint density at radius 1 is 0.938 bits per heavy atom. The number of piperidine rings is 1. The van der Waals surface area contributed by atoms with Crippen LogP contribution >= 0.6 is 0 Å². The van der Waals surface area contributed by atoms with Crippen molar-refractivity contribution in [3.05, 3.63) is 77.6 Å². The van der Waals surface area contributed by atoms with Gasteiger partial charge < -0.3 is 31.5 Å². The summed E-state index contributed by atoms with van der Waals surface area (Å²) in [6, 6.07) is 16.5. The molecule has 0 unspecified atom stereocenters. The van der Waals surface area contributed by atoms with Crippen molar-refractivity contribution < 1.29 is 51.8 Å². The summed E-state index contributed by atoms with van der Waals surface area (Å²) < 4.78 is 37.1. The fourth-order valence-corrected chi connectivity index (χ4v) is 7.37. The number of alkyl carbamates (subject to hydrolysis) is 1. The molecule has 1 aliphatic heterocycles. The summed E-state index contributed by atoms with van der Waals surface area (Å²) in [6.45, 7) is 8.31. The van der Waals surface area contributed by atoms with E-state index in [1.165, 1.54) is 4.90 Å². The highest BCUT2D eigenvalue weighted by Gasteiger charge is 2.39. The van der Waals surface area contributed by atoms with Gasteiger partial charge in [-0.1, -0.05) is 30.3 Å². The van der Waals surface area contributed by atoms with Crippen LogP contribution in [0.15, 0.2) is 60.7 Å². The smallest absolute Gasteiger partial charge is 0.475 e. The van der Waals surface area contributed by atoms with Gasteiger partial charge in [0.05, 0.1) is 0 Å². The molecular formula is C43H51F3N10O8. The van der Waals surface area contributed by atoms with Crippen molar-refractivity contribution in [2.75, 3.05) is 18.0 Å². The number of halogens is 3. The molecule has 64 heavy (non-hydrogen) atoms. The molecule has 2 atom stereocenters. The molecule has 0 bridgehead atoms. The molecule has 5 amide bonds. The number of nitrogens with one attached hydrogen (secondary N) is 4. The number of aliphatic carboxylic acids is 1. The highest BCUT2D eigenvalue weighted by atomic mass is 19.4. The van der Waals surface area contributed by atoms with E-state index < -0.39 is 47.7 Å². The van der Waals surface area contributed by atoms with Gasteiger partial charge in [0, 0.05) is 47.9 Å². The number of aromatic nitrogens is 5. The number of hydrogen-bond acceptors (Lipinski definition) is 11. The minimum Gasteiger partial charge on any atom is -0.475 e. The molecule has 7 N–H and O–H groups in total. The van der Waals surface area contributed by atoms with Crippen molar-refractivity contribution >= 4 is 41.4 Å². The molecule has 0 radical (unpaired) electrons. The van der Waals surface area contributed by atoms with Crippen molar-refractivity contribution in [3.8, 4) is 22.5 Å². The van der Waals surface area contributed by atoms with Crippen LogP contribution in [0.2, 0.25) is 0 Å². The van der Waals surface area contributed by atoms with Gasteiger partial charge in [-0.3, -0.25) is 24.1 Å². The van der Waals surface area contributed by atoms with Crippen molar-refractivity contribution in [3.63, 3.8) is 0 Å². The summed E-state index contributed by atoms with van der Waals surface area (Å²) >= 11 is 0. The highest BCUT2D eigenvalue weighted by Crippen LogP contribution is 2.34. The summed E-state index contributed by atoms with van der Waals surface area (Å²) in [6.07, 6.45) is -1.41. The first-order valence-electron chi connectivity index (χ1n) is 20.6. The first kappa shape index (κ1) is 48.1. The number of carboxylic acids is 1. The van der Waals surface area contributed by atoms with Crippen molar-refractivity contribution in [1.82, 2.24) is 41.6 Å². The summed E-state index contributed by atoms with van der Waals surface area (Å²) in [5.74, 6) is -3.99. The van der Waals surface area contributed by atoms with Gasteiger partial charge in [-0.05, 0) is 119 Å². The topological polar surface area (TPSA) is 265 Å². The number of nitrogens with two attached hydrogens (primary N) is 1. The van der Waals surface area contributed by atoms with Crippen molar-refractivity contribution in [2.24, 2.45) is 17.6 Å². The third-order valence-electron chi connectivity index (χ3n) is 10.6. The second-order valence-corrected chi connectivity index (χ2v) is 16.5. The zero-order valence-electron chi connectivity index (χ0n) is 35.7. The number of hydrogen-bond donors (Lipinski definition) is 6. The number of benzene rings is 2. The Kier molecular flexibility index (Phi) is 15.8. The van der Waals surface area contributed by atoms with Gasteiger partial charge in [0.1, 0.15) is 23.4 Å². The van der Waals surface area contributed by atoms with Gasteiger partial charge >= 0.3 is 18.2 Å². The van der Waals surface area contributed by atoms with Gasteiger partial charge in [-0.15, -0.1) is 10.2 Å². The summed E-state index contributed by atoms with van der Waals surface area (Å²) in [5.41, 5.74) is 9.99. The number of primary amides is 1. The number of carbonyl (C=O) groups excluding carboxylic acids is 5. The van der Waals surface area contributed by atoms with Gasteiger partial charge in [0.25, 0.3) is 5.91 Å². The van der Waals surface area contributed by atoms with Crippen LogP contribution in [0.4, 0.5) is 23.7 Å². The van der Waals surface area contributed by atoms with Crippen LogP contribution in [-0.4, -0.2) is 103 Å². The third kappa shape index (κ3) is 13.3. The minimum atomic E-state index is -5.08. The van der Waals surface area contributed by atoms with E-state index in [0.29, 0.717) is 55.1 Å². The maximum atomic E-state index is 14.5. The van der Waals surface area contributed by atoms with Crippen molar-refractivity contribution in [2.45, 2.75) is 96.5 Å². The van der Waals surface area contributed by atoms with Gasteiger partial charge in [-0.2, -0.15) is 18.4 Å². The average molecular weight is 893 g/mol. The Morgan fingerprint density at radius 3 is 2.12 bits per heavy atom. The van der Waals surface area contributed by atoms with E-state index in [4.69, 9.17) is 20.4 Å². The molecule has 6 rings (SSSR count). The SMILES string of the molecule is Cc1nc(C(=O)N[C@H]2CCCNC2=O)ccc1-c1ccc(C[C@@H](C(N)=O)N(C(=O)C2CCC(CNC(=O)OC(C)(C)C)CC2)c2ccc(-c3nn[nH]n3)cc2)cc1.O=C(O)C(F)(F)F. The quantitative estimate of drug-likeness (QED) is 0.114. The normalized spacial score (nSPS) is 18.0. The number of H-pyrrole nitrogens is 1. The standard InChI is InChI=1S/C41H50N10O6.C2HF3O2/c1-24-31(19-20-33(45-24)38(54)46-32-6-5-21-43-37(32)53)27-11-7-25(8-12-27)22-34(35(42)52)51(30-17-15-28(16-18-30)36-47-49-50-48-36)39(55)29-13-9-26(10-14-29)23-44-40(56)57-41(2,3)4;3-2(4,5)1(6)7/h7-8,11-12,15-20,26,29,32,34H,5-6,9-10,13-14,21-23H2,1-4H3,(H2,42,52)(H,43,53)(H,44,56)(H,46,54)(H,47,48,49,50);(H,6,7)/t26?,29?,32-,34-;/m0./s1. The first-order chi connectivity index (χ1) is 30.2. The molecular weight excluding hydrogens is 842 g/mol. The monoisotopic (exact) mass is 892 g/mol. The van der Waals surface area contributed by atoms with Crippen molar-refractivity contribution in [1.29, 1.82) is 0 Å². The Morgan fingerprint density at radius 2 is 1.58 bits per heavy atom. The minimum absolute atomic E-state index is 0.161. The number of tetrazole rings is 1. The lowest BCUT2D eigenvalue weighted by Crippen LogP contribution is -2.52. The van der Waals surface area contributed by atoms with Crippen LogP contribution in [-0.2, 0) is 30.3 Å². The molecule has 0 spiro atoms. The Balaban J connectivity index is 0.00000102. The van der Waals surface area contributed by atoms with E-state index in [2.05, 4.69) is 41.6 Å². The van der Waals surface area contributed by atoms with Crippen LogP contribution in [0.5, 0.6) is 0 Å². The zero-order valence-corrected chi connectivity index (χ0v) is 35.7. The van der Waals surface area contributed by atoms with E-state index in [0.717, 1.165) is 36.0 Å². The number of aromatic amines is 1. The van der Waals surface area contributed by atoms with E-state index in [1.54, 1.807) is 30.3 Å².